The summed E-state index contributed by atoms with van der Waals surface area (Å²) in [7, 11) is 1.61. The van der Waals surface area contributed by atoms with Crippen molar-refractivity contribution in [3.05, 3.63) is 94.9 Å². The van der Waals surface area contributed by atoms with Crippen LogP contribution in [0.5, 0.6) is 5.75 Å². The molecule has 2 heterocycles. The summed E-state index contributed by atoms with van der Waals surface area (Å²) in [5.41, 5.74) is 3.36. The number of para-hydroxylation sites is 2. The predicted octanol–water partition coefficient (Wildman–Crippen LogP) is 4.36. The van der Waals surface area contributed by atoms with E-state index >= 15 is 0 Å². The average molecular weight is 457 g/mol. The highest BCUT2D eigenvalue weighted by atomic mass is 16.5. The maximum absolute atomic E-state index is 13.5. The maximum atomic E-state index is 13.5. The van der Waals surface area contributed by atoms with Crippen LogP contribution in [-0.4, -0.2) is 40.6 Å². The Morgan fingerprint density at radius 2 is 1.74 bits per heavy atom. The molecule has 7 nitrogen and oxygen atoms in total. The van der Waals surface area contributed by atoms with E-state index in [9.17, 15) is 9.59 Å². The molecule has 1 aliphatic rings. The van der Waals surface area contributed by atoms with Gasteiger partial charge in [0.15, 0.2) is 0 Å². The van der Waals surface area contributed by atoms with Crippen LogP contribution in [0.15, 0.2) is 83.7 Å². The number of benzene rings is 3. The average Bonchev–Trinajstić information content (AvgIpc) is 3.21. The first-order valence-electron chi connectivity index (χ1n) is 11.6. The van der Waals surface area contributed by atoms with E-state index in [-0.39, 0.29) is 17.6 Å². The number of methoxy groups -OCH3 is 1. The van der Waals surface area contributed by atoms with Gasteiger partial charge >= 0.3 is 5.69 Å². The third kappa shape index (κ3) is 4.34. The largest absolute Gasteiger partial charge is 0.497 e. The Kier molecular flexibility index (Phi) is 6.18. The fourth-order valence-corrected chi connectivity index (χ4v) is 4.91. The van der Waals surface area contributed by atoms with E-state index in [0.29, 0.717) is 24.5 Å². The molecule has 0 bridgehead atoms. The highest BCUT2D eigenvalue weighted by Crippen LogP contribution is 2.31. The van der Waals surface area contributed by atoms with Gasteiger partial charge in [-0.05, 0) is 42.7 Å². The number of hydrogen-bond acceptors (Lipinski definition) is 4. The fourth-order valence-electron chi connectivity index (χ4n) is 4.91. The molecule has 0 saturated carbocycles. The number of aromatic amines is 1. The Morgan fingerprint density at radius 3 is 2.50 bits per heavy atom. The predicted molar refractivity (Wildman–Crippen MR) is 133 cm³/mol. The number of carbonyl (C=O) groups is 1. The van der Waals surface area contributed by atoms with E-state index in [2.05, 4.69) is 15.2 Å². The number of rotatable bonds is 6. The van der Waals surface area contributed by atoms with Gasteiger partial charge < -0.3 is 15.0 Å². The molecule has 1 aliphatic heterocycles. The normalized spacial score (nSPS) is 15.8. The smallest absolute Gasteiger partial charge is 0.326 e. The van der Waals surface area contributed by atoms with Crippen LogP contribution in [0.4, 0.5) is 5.69 Å². The molecule has 174 valence electrons. The lowest BCUT2D eigenvalue weighted by molar-refractivity contribution is -0.122. The zero-order valence-electron chi connectivity index (χ0n) is 19.1. The summed E-state index contributed by atoms with van der Waals surface area (Å²) >= 11 is 0. The molecule has 1 amide bonds. The second-order valence-corrected chi connectivity index (χ2v) is 8.62. The van der Waals surface area contributed by atoms with Gasteiger partial charge in [0.1, 0.15) is 11.8 Å². The summed E-state index contributed by atoms with van der Waals surface area (Å²) in [4.78, 5) is 31.3. The fraction of sp³-hybridized carbons (Fsp3) is 0.259. The summed E-state index contributed by atoms with van der Waals surface area (Å²) in [6.45, 7) is 1.42. The quantitative estimate of drug-likeness (QED) is 0.452. The van der Waals surface area contributed by atoms with Crippen molar-refractivity contribution in [2.24, 2.45) is 0 Å². The first kappa shape index (κ1) is 22.0. The van der Waals surface area contributed by atoms with Crippen molar-refractivity contribution >= 4 is 22.6 Å². The lowest BCUT2D eigenvalue weighted by Crippen LogP contribution is -2.43. The van der Waals surface area contributed by atoms with Crippen molar-refractivity contribution in [3.8, 4) is 5.75 Å². The summed E-state index contributed by atoms with van der Waals surface area (Å²) in [5.74, 6) is 0.612. The monoisotopic (exact) mass is 456 g/mol. The molecule has 1 atom stereocenters. The standard InChI is InChI=1S/C27H28N4O3/c1-34-22-11-7-10-20(18-22)28-26(32)25(19-8-3-2-4-9-19)30-16-14-21(15-17-30)31-24-13-6-5-12-23(24)29-27(31)33/h2-13,18,21,25H,14-17H2,1H3,(H,28,32)(H,29,33)/t25-/m1/s1. The molecule has 1 aromatic heterocycles. The van der Waals surface area contributed by atoms with Crippen molar-refractivity contribution in [2.45, 2.75) is 24.9 Å². The van der Waals surface area contributed by atoms with Crippen molar-refractivity contribution in [3.63, 3.8) is 0 Å². The lowest BCUT2D eigenvalue weighted by atomic mass is 9.98. The minimum atomic E-state index is -0.423. The molecule has 7 heteroatoms. The molecule has 2 N–H and O–H groups in total. The van der Waals surface area contributed by atoms with Crippen LogP contribution in [-0.2, 0) is 4.79 Å². The number of aromatic nitrogens is 2. The molecular weight excluding hydrogens is 428 g/mol. The highest BCUT2D eigenvalue weighted by molar-refractivity contribution is 5.95. The number of nitrogens with one attached hydrogen (secondary N) is 2. The van der Waals surface area contributed by atoms with Gasteiger partial charge in [-0.1, -0.05) is 48.5 Å². The molecule has 0 unspecified atom stereocenters. The van der Waals surface area contributed by atoms with Crippen molar-refractivity contribution < 1.29 is 9.53 Å². The topological polar surface area (TPSA) is 79.4 Å². The molecule has 1 saturated heterocycles. The van der Waals surface area contributed by atoms with Gasteiger partial charge in [-0.2, -0.15) is 0 Å². The van der Waals surface area contributed by atoms with Crippen LogP contribution in [0.25, 0.3) is 11.0 Å². The van der Waals surface area contributed by atoms with Crippen molar-refractivity contribution in [2.75, 3.05) is 25.5 Å². The van der Waals surface area contributed by atoms with E-state index < -0.39 is 6.04 Å². The van der Waals surface area contributed by atoms with Gasteiger partial charge in [-0.3, -0.25) is 14.3 Å². The third-order valence-electron chi connectivity index (χ3n) is 6.55. The van der Waals surface area contributed by atoms with Crippen LogP contribution in [0.3, 0.4) is 0 Å². The Balaban J connectivity index is 1.37. The number of fused-ring (bicyclic) bond motifs is 1. The Labute approximate surface area is 198 Å². The number of piperidine rings is 1. The molecule has 0 spiro atoms. The molecule has 4 aromatic rings. The number of hydrogen-bond donors (Lipinski definition) is 2. The van der Waals surface area contributed by atoms with Gasteiger partial charge in [-0.15, -0.1) is 0 Å². The molecule has 5 rings (SSSR count). The molecule has 34 heavy (non-hydrogen) atoms. The maximum Gasteiger partial charge on any atom is 0.326 e. The van der Waals surface area contributed by atoms with E-state index in [0.717, 1.165) is 29.4 Å². The van der Waals surface area contributed by atoms with Crippen LogP contribution in [0.2, 0.25) is 0 Å². The number of nitrogens with zero attached hydrogens (tertiary/aromatic N) is 2. The molecule has 1 fully saturated rings. The van der Waals surface area contributed by atoms with Crippen LogP contribution >= 0.6 is 0 Å². The van der Waals surface area contributed by atoms with Gasteiger partial charge in [-0.25, -0.2) is 4.79 Å². The van der Waals surface area contributed by atoms with Gasteiger partial charge in [0.25, 0.3) is 0 Å². The number of H-pyrrole nitrogens is 1. The van der Waals surface area contributed by atoms with E-state index in [1.54, 1.807) is 7.11 Å². The number of likely N-dealkylation sites (tertiary alicyclic amines) is 1. The van der Waals surface area contributed by atoms with Crippen LogP contribution < -0.4 is 15.7 Å². The number of anilines is 1. The van der Waals surface area contributed by atoms with Crippen LogP contribution in [0, 0.1) is 0 Å². The summed E-state index contributed by atoms with van der Waals surface area (Å²) in [5, 5.41) is 3.06. The third-order valence-corrected chi connectivity index (χ3v) is 6.55. The van der Waals surface area contributed by atoms with Crippen LogP contribution in [0.1, 0.15) is 30.5 Å². The molecular formula is C27H28N4O3. The minimum absolute atomic E-state index is 0.0740. The zero-order chi connectivity index (χ0) is 23.5. The molecule has 0 aliphatic carbocycles. The van der Waals surface area contributed by atoms with E-state index in [4.69, 9.17) is 4.74 Å². The lowest BCUT2D eigenvalue weighted by Gasteiger charge is -2.37. The Morgan fingerprint density at radius 1 is 1.00 bits per heavy atom. The first-order valence-corrected chi connectivity index (χ1v) is 11.6. The SMILES string of the molecule is COc1cccc(NC(=O)[C@@H](c2ccccc2)N2CCC(n3c(=O)[nH]c4ccccc43)CC2)c1. The van der Waals surface area contributed by atoms with Gasteiger partial charge in [0, 0.05) is 30.9 Å². The summed E-state index contributed by atoms with van der Waals surface area (Å²) in [6.07, 6.45) is 1.58. The van der Waals surface area contributed by atoms with E-state index in [1.807, 2.05) is 83.4 Å². The van der Waals surface area contributed by atoms with Gasteiger partial charge in [0.05, 0.1) is 18.1 Å². The Hall–Kier alpha value is -3.84. The van der Waals surface area contributed by atoms with E-state index in [1.165, 1.54) is 0 Å². The Bertz CT molecular complexity index is 1340. The number of amides is 1. The highest BCUT2D eigenvalue weighted by Gasteiger charge is 2.32. The van der Waals surface area contributed by atoms with Crippen molar-refractivity contribution in [1.82, 2.24) is 14.5 Å². The minimum Gasteiger partial charge on any atom is -0.497 e. The van der Waals surface area contributed by atoms with Gasteiger partial charge in [0.2, 0.25) is 5.91 Å². The van der Waals surface area contributed by atoms with Crippen molar-refractivity contribution in [1.29, 1.82) is 0 Å². The molecule has 0 radical (unpaired) electrons. The summed E-state index contributed by atoms with van der Waals surface area (Å²) < 4.78 is 7.17. The summed E-state index contributed by atoms with van der Waals surface area (Å²) in [6, 6.07) is 24.7. The number of ether oxygens (including phenoxy) is 1. The second kappa shape index (κ2) is 9.57. The number of imidazole rings is 1. The zero-order valence-corrected chi connectivity index (χ0v) is 19.1. The number of carbonyl (C=O) groups excluding carboxylic acids is 1. The second-order valence-electron chi connectivity index (χ2n) is 8.62. The molecule has 3 aromatic carbocycles. The first-order chi connectivity index (χ1) is 16.6.